The Morgan fingerprint density at radius 1 is 1.08 bits per heavy atom. The maximum atomic E-state index is 11.8. The lowest BCUT2D eigenvalue weighted by Gasteiger charge is -2.18. The fraction of sp³-hybridized carbons (Fsp3) is 0.158. The van der Waals surface area contributed by atoms with Crippen molar-refractivity contribution < 1.29 is 14.7 Å². The number of fused-ring (bicyclic) bond motifs is 1. The lowest BCUT2D eigenvalue weighted by molar-refractivity contribution is 0.0786. The summed E-state index contributed by atoms with van der Waals surface area (Å²) in [4.78, 5) is 25.9. The zero-order valence-corrected chi connectivity index (χ0v) is 14.5. The van der Waals surface area contributed by atoms with E-state index in [4.69, 9.17) is 11.5 Å². The molecule has 134 valence electrons. The first kappa shape index (κ1) is 17.5. The maximum Gasteiger partial charge on any atom is 0.317 e. The van der Waals surface area contributed by atoms with Crippen LogP contribution in [0.5, 0.6) is 0 Å². The number of aromatic amines is 1. The molecular weight excluding hydrogens is 332 g/mol. The lowest BCUT2D eigenvalue weighted by Crippen LogP contribution is -2.22. The van der Waals surface area contributed by atoms with Crippen LogP contribution in [-0.4, -0.2) is 22.0 Å². The second-order valence-corrected chi connectivity index (χ2v) is 6.63. The molecule has 0 spiro atoms. The van der Waals surface area contributed by atoms with Crippen LogP contribution >= 0.6 is 0 Å². The van der Waals surface area contributed by atoms with Gasteiger partial charge in [0.2, 0.25) is 0 Å². The van der Waals surface area contributed by atoms with E-state index in [0.717, 1.165) is 16.7 Å². The topological polar surface area (TPSA) is 134 Å². The van der Waals surface area contributed by atoms with Crippen molar-refractivity contribution in [1.29, 1.82) is 0 Å². The minimum absolute atomic E-state index is 0.169. The van der Waals surface area contributed by atoms with Gasteiger partial charge in [0.25, 0.3) is 5.91 Å². The van der Waals surface area contributed by atoms with E-state index in [1.165, 1.54) is 0 Å². The fourth-order valence-corrected chi connectivity index (χ4v) is 2.93. The highest BCUT2D eigenvalue weighted by atomic mass is 16.3. The predicted molar refractivity (Wildman–Crippen MR) is 101 cm³/mol. The number of aromatic nitrogens is 1. The number of rotatable bonds is 4. The summed E-state index contributed by atoms with van der Waals surface area (Å²) in [6.45, 7) is 3.45. The van der Waals surface area contributed by atoms with Gasteiger partial charge in [0, 0.05) is 10.9 Å². The van der Waals surface area contributed by atoms with E-state index in [2.05, 4.69) is 10.3 Å². The minimum Gasteiger partial charge on any atom is -0.386 e. The molecule has 0 aliphatic heterocycles. The van der Waals surface area contributed by atoms with Gasteiger partial charge in [-0.2, -0.15) is 0 Å². The van der Waals surface area contributed by atoms with Gasteiger partial charge < -0.3 is 21.6 Å². The third-order valence-electron chi connectivity index (χ3n) is 4.20. The summed E-state index contributed by atoms with van der Waals surface area (Å²) in [7, 11) is 0. The summed E-state index contributed by atoms with van der Waals surface area (Å²) in [6, 6.07) is 12.2. The molecule has 0 unspecified atom stereocenters. The largest absolute Gasteiger partial charge is 0.386 e. The molecule has 7 heteroatoms. The van der Waals surface area contributed by atoms with Crippen molar-refractivity contribution in [3.05, 3.63) is 53.6 Å². The Hall–Kier alpha value is -3.32. The molecule has 0 aliphatic carbocycles. The summed E-state index contributed by atoms with van der Waals surface area (Å²) in [6.07, 6.45) is 0. The van der Waals surface area contributed by atoms with Gasteiger partial charge in [-0.05, 0) is 42.7 Å². The van der Waals surface area contributed by atoms with Crippen molar-refractivity contribution in [1.82, 2.24) is 4.98 Å². The first-order valence-corrected chi connectivity index (χ1v) is 8.02. The molecule has 3 aromatic rings. The van der Waals surface area contributed by atoms with Crippen molar-refractivity contribution in [2.75, 3.05) is 5.32 Å². The standard InChI is InChI=1S/C19H20N4O3/c1-19(2,26)12-5-3-4-10(8-12)11-6-7-13-14(9-11)22-17(23-18(21)25)15(13)16(20)24/h3-9,22,26H,1-2H3,(H2,20,24)(H3,21,23,25). The van der Waals surface area contributed by atoms with E-state index >= 15 is 0 Å². The van der Waals surface area contributed by atoms with E-state index in [9.17, 15) is 14.7 Å². The number of H-pyrrole nitrogens is 1. The van der Waals surface area contributed by atoms with Crippen molar-refractivity contribution in [3.8, 4) is 11.1 Å². The molecular formula is C19H20N4O3. The first-order valence-electron chi connectivity index (χ1n) is 8.02. The molecule has 3 amide bonds. The summed E-state index contributed by atoms with van der Waals surface area (Å²) < 4.78 is 0. The maximum absolute atomic E-state index is 11.8. The van der Waals surface area contributed by atoms with E-state index < -0.39 is 17.5 Å². The molecule has 0 radical (unpaired) electrons. The normalized spacial score (nSPS) is 11.5. The van der Waals surface area contributed by atoms with Crippen molar-refractivity contribution in [2.24, 2.45) is 11.5 Å². The molecule has 0 fully saturated rings. The monoisotopic (exact) mass is 352 g/mol. The highest BCUT2D eigenvalue weighted by molar-refractivity contribution is 6.13. The number of nitrogens with two attached hydrogens (primary N) is 2. The third kappa shape index (κ3) is 3.25. The summed E-state index contributed by atoms with van der Waals surface area (Å²) >= 11 is 0. The lowest BCUT2D eigenvalue weighted by atomic mass is 9.94. The molecule has 7 N–H and O–H groups in total. The number of benzene rings is 2. The van der Waals surface area contributed by atoms with E-state index in [1.807, 2.05) is 36.4 Å². The van der Waals surface area contributed by atoms with Crippen LogP contribution < -0.4 is 16.8 Å². The SMILES string of the molecule is CC(C)(O)c1cccc(-c2ccc3c(C(N)=O)c(NC(N)=O)[nH]c3c2)c1. The molecule has 26 heavy (non-hydrogen) atoms. The number of carbonyl (C=O) groups excluding carboxylic acids is 2. The van der Waals surface area contributed by atoms with Gasteiger partial charge in [0.05, 0.1) is 11.2 Å². The average Bonchev–Trinajstić information content (AvgIpc) is 2.90. The number of anilines is 1. The van der Waals surface area contributed by atoms with Gasteiger partial charge in [-0.1, -0.05) is 30.3 Å². The van der Waals surface area contributed by atoms with Crippen LogP contribution in [0, 0.1) is 0 Å². The van der Waals surface area contributed by atoms with E-state index in [0.29, 0.717) is 10.9 Å². The second-order valence-electron chi connectivity index (χ2n) is 6.63. The van der Waals surface area contributed by atoms with Gasteiger partial charge >= 0.3 is 6.03 Å². The summed E-state index contributed by atoms with van der Waals surface area (Å²) in [5.41, 5.74) is 13.0. The van der Waals surface area contributed by atoms with Crippen LogP contribution in [0.15, 0.2) is 42.5 Å². The number of amides is 3. The van der Waals surface area contributed by atoms with Gasteiger partial charge in [-0.15, -0.1) is 0 Å². The van der Waals surface area contributed by atoms with E-state index in [-0.39, 0.29) is 11.4 Å². The number of urea groups is 1. The van der Waals surface area contributed by atoms with Crippen molar-refractivity contribution >= 4 is 28.7 Å². The smallest absolute Gasteiger partial charge is 0.317 e. The molecule has 1 aromatic heterocycles. The van der Waals surface area contributed by atoms with Gasteiger partial charge in [0.15, 0.2) is 0 Å². The Kier molecular flexibility index (Phi) is 4.17. The van der Waals surface area contributed by atoms with Crippen LogP contribution in [0.3, 0.4) is 0 Å². The Balaban J connectivity index is 2.13. The van der Waals surface area contributed by atoms with Crippen LogP contribution in [0.1, 0.15) is 29.8 Å². The molecule has 3 rings (SSSR count). The second kappa shape index (κ2) is 6.20. The third-order valence-corrected chi connectivity index (χ3v) is 4.20. The van der Waals surface area contributed by atoms with Crippen LogP contribution in [0.4, 0.5) is 10.6 Å². The Morgan fingerprint density at radius 3 is 2.38 bits per heavy atom. The molecule has 0 aliphatic rings. The number of hydrogen-bond donors (Lipinski definition) is 5. The predicted octanol–water partition coefficient (Wildman–Crippen LogP) is 2.65. The van der Waals surface area contributed by atoms with Gasteiger partial charge in [-0.3, -0.25) is 10.1 Å². The highest BCUT2D eigenvalue weighted by Crippen LogP contribution is 2.31. The summed E-state index contributed by atoms with van der Waals surface area (Å²) in [5, 5.41) is 13.2. The Labute approximate surface area is 150 Å². The van der Waals surface area contributed by atoms with Crippen molar-refractivity contribution in [3.63, 3.8) is 0 Å². The Morgan fingerprint density at radius 2 is 1.77 bits per heavy atom. The fourth-order valence-electron chi connectivity index (χ4n) is 2.93. The molecule has 0 saturated carbocycles. The summed E-state index contributed by atoms with van der Waals surface area (Å²) in [5.74, 6) is -0.501. The van der Waals surface area contributed by atoms with Gasteiger partial charge in [-0.25, -0.2) is 4.79 Å². The first-order chi connectivity index (χ1) is 12.2. The molecule has 0 atom stereocenters. The van der Waals surface area contributed by atoms with E-state index in [1.54, 1.807) is 19.9 Å². The number of primary amides is 2. The number of nitrogens with one attached hydrogen (secondary N) is 2. The zero-order valence-electron chi connectivity index (χ0n) is 14.5. The molecule has 7 nitrogen and oxygen atoms in total. The van der Waals surface area contributed by atoms with Crippen LogP contribution in [0.2, 0.25) is 0 Å². The molecule has 0 bridgehead atoms. The molecule has 2 aromatic carbocycles. The van der Waals surface area contributed by atoms with Crippen LogP contribution in [0.25, 0.3) is 22.0 Å². The number of hydrogen-bond acceptors (Lipinski definition) is 3. The quantitative estimate of drug-likeness (QED) is 0.494. The minimum atomic E-state index is -0.954. The number of carbonyl (C=O) groups is 2. The highest BCUT2D eigenvalue weighted by Gasteiger charge is 2.19. The van der Waals surface area contributed by atoms with Gasteiger partial charge in [0.1, 0.15) is 5.82 Å². The Bertz CT molecular complexity index is 1020. The average molecular weight is 352 g/mol. The zero-order chi connectivity index (χ0) is 19.1. The molecule has 0 saturated heterocycles. The molecule has 1 heterocycles. The van der Waals surface area contributed by atoms with Crippen LogP contribution in [-0.2, 0) is 5.60 Å². The number of aliphatic hydroxyl groups is 1. The van der Waals surface area contributed by atoms with Crippen molar-refractivity contribution in [2.45, 2.75) is 19.4 Å².